The van der Waals surface area contributed by atoms with Crippen molar-refractivity contribution in [2.45, 2.75) is 131 Å². The molecule has 3 heterocycles. The lowest BCUT2D eigenvalue weighted by Gasteiger charge is -2.26. The van der Waals surface area contributed by atoms with Gasteiger partial charge in [0.15, 0.2) is 5.82 Å². The van der Waals surface area contributed by atoms with E-state index in [0.717, 1.165) is 50.7 Å². The third-order valence-corrected chi connectivity index (χ3v) is 12.2. The highest BCUT2D eigenvalue weighted by atomic mass is 16.5. The van der Waals surface area contributed by atoms with Crippen LogP contribution in [0.4, 0.5) is 0 Å². The normalized spacial score (nSPS) is 13.0. The number of para-hydroxylation sites is 1. The number of benzene rings is 5. The minimum Gasteiger partial charge on any atom is -0.458 e. The summed E-state index contributed by atoms with van der Waals surface area (Å²) in [4.78, 5) is 4.89. The number of hydrogen-bond acceptors (Lipinski definition) is 3. The number of pyridine rings is 1. The molecule has 3 aromatic heterocycles. The number of ether oxygens (including phenoxy) is 1. The number of fused-ring (bicyclic) bond motifs is 3. The SMILES string of the molecule is CC(C)(C)c1cc(-c2n[n+](-c3cc(C(C)(C)C)cc(C(C)(C)C)c3)[c-]n2-c2cccc(Oc3ccc4c5ccccc5n(-c5cc(C(C)(C)C)ccn5)c4c3)c2)cc(C(C)(C)C)c1. The van der Waals surface area contributed by atoms with Crippen LogP contribution in [0.3, 0.4) is 0 Å². The van der Waals surface area contributed by atoms with Crippen LogP contribution in [-0.2, 0) is 27.1 Å². The van der Waals surface area contributed by atoms with Crippen molar-refractivity contribution in [1.29, 1.82) is 0 Å². The first-order valence-electron chi connectivity index (χ1n) is 22.4. The molecule has 63 heavy (non-hydrogen) atoms. The summed E-state index contributed by atoms with van der Waals surface area (Å²) in [5, 5.41) is 7.74. The lowest BCUT2D eigenvalue weighted by Crippen LogP contribution is -2.34. The van der Waals surface area contributed by atoms with Gasteiger partial charge in [-0.2, -0.15) is 4.68 Å². The Morgan fingerprint density at radius 1 is 0.492 bits per heavy atom. The summed E-state index contributed by atoms with van der Waals surface area (Å²) < 4.78 is 13.1. The van der Waals surface area contributed by atoms with Crippen LogP contribution in [-0.4, -0.2) is 19.2 Å². The summed E-state index contributed by atoms with van der Waals surface area (Å²) in [5.41, 5.74) is 11.1. The number of nitrogens with zero attached hydrogens (tertiary/aromatic N) is 5. The third kappa shape index (κ3) is 8.83. The highest BCUT2D eigenvalue weighted by Gasteiger charge is 2.26. The largest absolute Gasteiger partial charge is 0.458 e. The van der Waals surface area contributed by atoms with Crippen molar-refractivity contribution >= 4 is 21.8 Å². The van der Waals surface area contributed by atoms with E-state index in [0.29, 0.717) is 5.75 Å². The zero-order chi connectivity index (χ0) is 45.4. The van der Waals surface area contributed by atoms with E-state index in [1.165, 1.54) is 33.2 Å². The highest BCUT2D eigenvalue weighted by molar-refractivity contribution is 6.09. The molecule has 6 nitrogen and oxygen atoms in total. The van der Waals surface area contributed by atoms with Crippen molar-refractivity contribution in [3.63, 3.8) is 0 Å². The molecule has 0 saturated carbocycles. The Morgan fingerprint density at radius 2 is 1.05 bits per heavy atom. The van der Waals surface area contributed by atoms with Crippen LogP contribution in [0.2, 0.25) is 0 Å². The first kappa shape index (κ1) is 43.6. The molecule has 0 spiro atoms. The Morgan fingerprint density at radius 3 is 1.65 bits per heavy atom. The Balaban J connectivity index is 1.28. The lowest BCUT2D eigenvalue weighted by molar-refractivity contribution is -0.660. The molecular weight excluding hydrogens is 771 g/mol. The third-order valence-electron chi connectivity index (χ3n) is 12.2. The zero-order valence-electron chi connectivity index (χ0n) is 40.2. The van der Waals surface area contributed by atoms with Gasteiger partial charge in [0.05, 0.1) is 22.4 Å². The number of rotatable bonds is 6. The van der Waals surface area contributed by atoms with Crippen molar-refractivity contribution in [2.75, 3.05) is 0 Å². The van der Waals surface area contributed by atoms with Gasteiger partial charge in [-0.15, -0.1) is 5.10 Å². The average Bonchev–Trinajstić information content (AvgIpc) is 3.79. The van der Waals surface area contributed by atoms with Crippen LogP contribution in [0.5, 0.6) is 11.5 Å². The molecule has 0 aliphatic rings. The molecule has 0 saturated heterocycles. The quantitative estimate of drug-likeness (QED) is 0.124. The smallest absolute Gasteiger partial charge is 0.273 e. The molecule has 0 atom stereocenters. The van der Waals surface area contributed by atoms with Crippen molar-refractivity contribution in [2.24, 2.45) is 0 Å². The van der Waals surface area contributed by atoms with Crippen LogP contribution in [0.1, 0.15) is 132 Å². The average molecular weight is 836 g/mol. The number of hydrogen-bond donors (Lipinski definition) is 0. The standard InChI is InChI=1S/C57H65N5O/c1-53(2,3)38-25-26-58-51(33-38)62-49-22-17-16-21-47(49)48-24-23-46(35-50(48)62)63-45-20-18-19-43(34-45)60-36-61(44-31-41(56(10,11)12)30-42(32-44)57(13,14)15)59-52(60)37-27-39(54(4,5)6)29-40(28-37)55(7,8)9/h16-35H,1-15H3. The number of aromatic nitrogens is 5. The molecule has 324 valence electrons. The fraction of sp³-hybridized carbons (Fsp3) is 0.351. The first-order chi connectivity index (χ1) is 29.3. The maximum atomic E-state index is 6.80. The Kier molecular flexibility index (Phi) is 10.6. The molecule has 8 aromatic rings. The Labute approximate surface area is 375 Å². The second kappa shape index (κ2) is 15.4. The van der Waals surface area contributed by atoms with E-state index in [-0.39, 0.29) is 27.1 Å². The highest BCUT2D eigenvalue weighted by Crippen LogP contribution is 2.38. The second-order valence-electron chi connectivity index (χ2n) is 22.5. The molecule has 8 rings (SSSR count). The summed E-state index contributed by atoms with van der Waals surface area (Å²) in [7, 11) is 0. The van der Waals surface area contributed by atoms with Gasteiger partial charge in [0.1, 0.15) is 17.3 Å². The van der Waals surface area contributed by atoms with E-state index in [1.54, 1.807) is 0 Å². The maximum Gasteiger partial charge on any atom is 0.273 e. The van der Waals surface area contributed by atoms with Crippen LogP contribution in [0.15, 0.2) is 121 Å². The molecular formula is C57H65N5O. The predicted octanol–water partition coefficient (Wildman–Crippen LogP) is 14.4. The van der Waals surface area contributed by atoms with Gasteiger partial charge in [-0.25, -0.2) is 4.98 Å². The van der Waals surface area contributed by atoms with Gasteiger partial charge in [-0.1, -0.05) is 171 Å². The Bertz CT molecular complexity index is 2930. The fourth-order valence-corrected chi connectivity index (χ4v) is 8.10. The van der Waals surface area contributed by atoms with E-state index in [9.17, 15) is 0 Å². The minimum atomic E-state index is -0.0677. The van der Waals surface area contributed by atoms with Gasteiger partial charge in [-0.3, -0.25) is 9.13 Å². The van der Waals surface area contributed by atoms with Crippen molar-refractivity contribution in [3.8, 4) is 40.1 Å². The van der Waals surface area contributed by atoms with Gasteiger partial charge < -0.3 is 4.74 Å². The summed E-state index contributed by atoms with van der Waals surface area (Å²) in [6.07, 6.45) is 5.63. The monoisotopic (exact) mass is 836 g/mol. The summed E-state index contributed by atoms with van der Waals surface area (Å²) in [6.45, 7) is 34.0. The van der Waals surface area contributed by atoms with E-state index >= 15 is 0 Å². The summed E-state index contributed by atoms with van der Waals surface area (Å²) >= 11 is 0. The first-order valence-corrected chi connectivity index (χ1v) is 22.4. The molecule has 0 fully saturated rings. The lowest BCUT2D eigenvalue weighted by atomic mass is 9.79. The molecule has 0 amide bonds. The van der Waals surface area contributed by atoms with Crippen molar-refractivity contribution in [3.05, 3.63) is 156 Å². The van der Waals surface area contributed by atoms with Gasteiger partial charge in [0.25, 0.3) is 6.33 Å². The Hall–Kier alpha value is -6.01. The van der Waals surface area contributed by atoms with Gasteiger partial charge >= 0.3 is 0 Å². The molecule has 0 aliphatic heterocycles. The fourth-order valence-electron chi connectivity index (χ4n) is 8.10. The van der Waals surface area contributed by atoms with Crippen molar-refractivity contribution < 1.29 is 9.42 Å². The van der Waals surface area contributed by atoms with Crippen LogP contribution in [0.25, 0.3) is 50.4 Å². The maximum absolute atomic E-state index is 6.80. The summed E-state index contributed by atoms with van der Waals surface area (Å²) in [5.74, 6) is 3.14. The molecule has 0 bridgehead atoms. The predicted molar refractivity (Wildman–Crippen MR) is 262 cm³/mol. The van der Waals surface area contributed by atoms with Gasteiger partial charge in [-0.05, 0) is 97.4 Å². The zero-order valence-corrected chi connectivity index (χ0v) is 40.2. The van der Waals surface area contributed by atoms with E-state index < -0.39 is 0 Å². The molecule has 6 heteroatoms. The van der Waals surface area contributed by atoms with Gasteiger partial charge in [0.2, 0.25) is 0 Å². The van der Waals surface area contributed by atoms with E-state index in [1.807, 2.05) is 23.0 Å². The molecule has 0 N–H and O–H groups in total. The molecule has 0 aliphatic carbocycles. The van der Waals surface area contributed by atoms with E-state index in [4.69, 9.17) is 14.8 Å². The molecule has 0 radical (unpaired) electrons. The minimum absolute atomic E-state index is 0.0162. The second-order valence-corrected chi connectivity index (χ2v) is 22.5. The summed E-state index contributed by atoms with van der Waals surface area (Å²) in [6, 6.07) is 41.3. The van der Waals surface area contributed by atoms with E-state index in [2.05, 4.69) is 222 Å². The molecule has 0 unspecified atom stereocenters. The van der Waals surface area contributed by atoms with Crippen LogP contribution >= 0.6 is 0 Å². The van der Waals surface area contributed by atoms with Gasteiger partial charge in [0, 0.05) is 28.6 Å². The van der Waals surface area contributed by atoms with Crippen LogP contribution in [0, 0.1) is 6.33 Å². The van der Waals surface area contributed by atoms with Crippen molar-refractivity contribution in [1.82, 2.24) is 19.2 Å². The topological polar surface area (TPSA) is 48.8 Å². The van der Waals surface area contributed by atoms with Crippen LogP contribution < -0.4 is 9.42 Å². The molecule has 5 aromatic carbocycles.